The minimum absolute atomic E-state index is 0.566. The van der Waals surface area contributed by atoms with Crippen molar-refractivity contribution >= 4 is 5.82 Å². The van der Waals surface area contributed by atoms with Gasteiger partial charge in [0.15, 0.2) is 0 Å². The Kier molecular flexibility index (Phi) is 3.74. The van der Waals surface area contributed by atoms with E-state index in [1.807, 2.05) is 19.9 Å². The maximum Gasteiger partial charge on any atom is 0.215 e. The molecule has 0 radical (unpaired) electrons. The monoisotopic (exact) mass is 194 g/mol. The first-order chi connectivity index (χ1) is 6.65. The molecule has 3 heteroatoms. The Labute approximate surface area is 85.3 Å². The molecule has 0 aliphatic heterocycles. The van der Waals surface area contributed by atoms with Gasteiger partial charge in [-0.25, -0.2) is 0 Å². The van der Waals surface area contributed by atoms with Gasteiger partial charge in [-0.15, -0.1) is 0 Å². The van der Waals surface area contributed by atoms with Crippen LogP contribution in [0.3, 0.4) is 0 Å². The van der Waals surface area contributed by atoms with Crippen molar-refractivity contribution in [2.75, 3.05) is 12.3 Å². The predicted octanol–water partition coefficient (Wildman–Crippen LogP) is 2.46. The van der Waals surface area contributed by atoms with Crippen LogP contribution in [0, 0.1) is 13.8 Å². The molecule has 0 saturated carbocycles. The third kappa shape index (κ3) is 2.62. The minimum Gasteiger partial charge on any atom is -0.478 e. The van der Waals surface area contributed by atoms with Crippen molar-refractivity contribution < 1.29 is 4.74 Å². The van der Waals surface area contributed by atoms with Gasteiger partial charge in [-0.2, -0.15) is 4.98 Å². The van der Waals surface area contributed by atoms with Crippen LogP contribution in [0.15, 0.2) is 6.07 Å². The number of pyridine rings is 1. The van der Waals surface area contributed by atoms with Crippen molar-refractivity contribution in [3.63, 3.8) is 0 Å². The number of anilines is 1. The number of hydrogen-bond donors (Lipinski definition) is 1. The number of nitrogens with two attached hydrogens (primary N) is 1. The largest absolute Gasteiger partial charge is 0.478 e. The summed E-state index contributed by atoms with van der Waals surface area (Å²) in [7, 11) is 0. The van der Waals surface area contributed by atoms with Crippen molar-refractivity contribution in [1.82, 2.24) is 4.98 Å². The first-order valence-corrected chi connectivity index (χ1v) is 5.01. The number of hydrogen-bond acceptors (Lipinski definition) is 3. The van der Waals surface area contributed by atoms with E-state index in [4.69, 9.17) is 10.5 Å². The van der Waals surface area contributed by atoms with Gasteiger partial charge in [0.05, 0.1) is 6.61 Å². The van der Waals surface area contributed by atoms with E-state index in [1.165, 1.54) is 0 Å². The van der Waals surface area contributed by atoms with E-state index in [9.17, 15) is 0 Å². The average Bonchev–Trinajstić information content (AvgIpc) is 2.14. The summed E-state index contributed by atoms with van der Waals surface area (Å²) in [5, 5.41) is 0. The van der Waals surface area contributed by atoms with Gasteiger partial charge in [-0.3, -0.25) is 0 Å². The number of aromatic nitrogens is 1. The normalized spacial score (nSPS) is 10.2. The summed E-state index contributed by atoms with van der Waals surface area (Å²) in [4.78, 5) is 4.16. The van der Waals surface area contributed by atoms with E-state index < -0.39 is 0 Å². The molecule has 0 atom stereocenters. The number of ether oxygens (including phenoxy) is 1. The molecule has 0 aliphatic rings. The molecule has 1 heterocycles. The van der Waals surface area contributed by atoms with E-state index in [-0.39, 0.29) is 0 Å². The molecular formula is C11H18N2O. The van der Waals surface area contributed by atoms with Crippen molar-refractivity contribution in [3.8, 4) is 5.88 Å². The molecule has 0 spiro atoms. The Morgan fingerprint density at radius 2 is 2.14 bits per heavy atom. The van der Waals surface area contributed by atoms with Crippen LogP contribution in [0.4, 0.5) is 5.82 Å². The van der Waals surface area contributed by atoms with Crippen LogP contribution in [0.25, 0.3) is 0 Å². The summed E-state index contributed by atoms with van der Waals surface area (Å²) in [5.74, 6) is 1.20. The Balaban J connectivity index is 2.69. The molecule has 0 amide bonds. The van der Waals surface area contributed by atoms with E-state index in [0.717, 1.165) is 24.0 Å². The highest BCUT2D eigenvalue weighted by Gasteiger charge is 2.03. The van der Waals surface area contributed by atoms with Gasteiger partial charge in [0, 0.05) is 6.07 Å². The van der Waals surface area contributed by atoms with Gasteiger partial charge in [0.1, 0.15) is 5.82 Å². The highest BCUT2D eigenvalue weighted by molar-refractivity contribution is 5.45. The molecular weight excluding hydrogens is 176 g/mol. The molecule has 0 aromatic carbocycles. The van der Waals surface area contributed by atoms with Crippen LogP contribution in [0.5, 0.6) is 5.88 Å². The van der Waals surface area contributed by atoms with Gasteiger partial charge in [0.2, 0.25) is 5.88 Å². The number of aryl methyl sites for hydroxylation is 1. The molecule has 3 nitrogen and oxygen atoms in total. The summed E-state index contributed by atoms with van der Waals surface area (Å²) >= 11 is 0. The van der Waals surface area contributed by atoms with Gasteiger partial charge in [0.25, 0.3) is 0 Å². The summed E-state index contributed by atoms with van der Waals surface area (Å²) in [6, 6.07) is 1.93. The quantitative estimate of drug-likeness (QED) is 0.749. The zero-order chi connectivity index (χ0) is 10.6. The lowest BCUT2D eigenvalue weighted by molar-refractivity contribution is 0.298. The zero-order valence-corrected chi connectivity index (χ0v) is 9.13. The molecule has 0 unspecified atom stereocenters. The van der Waals surface area contributed by atoms with Gasteiger partial charge < -0.3 is 10.5 Å². The summed E-state index contributed by atoms with van der Waals surface area (Å²) in [6.45, 7) is 6.82. The van der Waals surface area contributed by atoms with Crippen molar-refractivity contribution in [2.24, 2.45) is 0 Å². The highest BCUT2D eigenvalue weighted by atomic mass is 16.5. The fourth-order valence-corrected chi connectivity index (χ4v) is 1.13. The van der Waals surface area contributed by atoms with E-state index in [2.05, 4.69) is 11.9 Å². The van der Waals surface area contributed by atoms with Crippen LogP contribution >= 0.6 is 0 Å². The molecule has 0 fully saturated rings. The predicted molar refractivity (Wildman–Crippen MR) is 58.5 cm³/mol. The van der Waals surface area contributed by atoms with Gasteiger partial charge >= 0.3 is 0 Å². The second-order valence-electron chi connectivity index (χ2n) is 3.49. The number of rotatable bonds is 4. The smallest absolute Gasteiger partial charge is 0.215 e. The van der Waals surface area contributed by atoms with Gasteiger partial charge in [-0.05, 0) is 31.4 Å². The number of nitrogen functional groups attached to an aromatic ring is 1. The Bertz CT molecular complexity index is 287. The van der Waals surface area contributed by atoms with E-state index >= 15 is 0 Å². The van der Waals surface area contributed by atoms with Crippen LogP contribution in [-0.2, 0) is 0 Å². The third-order valence-corrected chi connectivity index (χ3v) is 2.29. The van der Waals surface area contributed by atoms with Crippen molar-refractivity contribution in [3.05, 3.63) is 17.2 Å². The lowest BCUT2D eigenvalue weighted by Gasteiger charge is -2.08. The first kappa shape index (κ1) is 10.8. The van der Waals surface area contributed by atoms with Crippen LogP contribution in [0.2, 0.25) is 0 Å². The fourth-order valence-electron chi connectivity index (χ4n) is 1.13. The lowest BCUT2D eigenvalue weighted by atomic mass is 10.2. The molecule has 0 bridgehead atoms. The topological polar surface area (TPSA) is 48.1 Å². The second-order valence-corrected chi connectivity index (χ2v) is 3.49. The Hall–Kier alpha value is -1.25. The Morgan fingerprint density at radius 1 is 1.43 bits per heavy atom. The van der Waals surface area contributed by atoms with Crippen molar-refractivity contribution in [1.29, 1.82) is 0 Å². The van der Waals surface area contributed by atoms with E-state index in [1.54, 1.807) is 0 Å². The molecule has 1 rings (SSSR count). The highest BCUT2D eigenvalue weighted by Crippen LogP contribution is 2.18. The zero-order valence-electron chi connectivity index (χ0n) is 9.13. The molecule has 1 aromatic heterocycles. The maximum atomic E-state index is 5.73. The summed E-state index contributed by atoms with van der Waals surface area (Å²) < 4.78 is 5.47. The summed E-state index contributed by atoms with van der Waals surface area (Å²) in [5.41, 5.74) is 7.90. The lowest BCUT2D eigenvalue weighted by Crippen LogP contribution is -2.03. The average molecular weight is 194 g/mol. The molecule has 0 aliphatic carbocycles. The Morgan fingerprint density at radius 3 is 2.71 bits per heavy atom. The fraction of sp³-hybridized carbons (Fsp3) is 0.545. The van der Waals surface area contributed by atoms with Crippen LogP contribution < -0.4 is 10.5 Å². The molecule has 14 heavy (non-hydrogen) atoms. The van der Waals surface area contributed by atoms with Gasteiger partial charge in [-0.1, -0.05) is 13.3 Å². The second kappa shape index (κ2) is 4.84. The number of nitrogens with zero attached hydrogens (tertiary/aromatic N) is 1. The minimum atomic E-state index is 0.566. The maximum absolute atomic E-state index is 5.73. The standard InChI is InChI=1S/C11H18N2O/c1-4-5-6-14-10-7-8(2)9(3)11(12)13-10/h7H,4-6H2,1-3H3,(H2,12,13). The number of unbranched alkanes of at least 4 members (excludes halogenated alkanes) is 1. The van der Waals surface area contributed by atoms with Crippen LogP contribution in [0.1, 0.15) is 30.9 Å². The van der Waals surface area contributed by atoms with E-state index in [0.29, 0.717) is 18.3 Å². The first-order valence-electron chi connectivity index (χ1n) is 5.01. The molecule has 1 aromatic rings. The molecule has 78 valence electrons. The molecule has 2 N–H and O–H groups in total. The van der Waals surface area contributed by atoms with Crippen LogP contribution in [-0.4, -0.2) is 11.6 Å². The molecule has 0 saturated heterocycles. The third-order valence-electron chi connectivity index (χ3n) is 2.29. The SMILES string of the molecule is CCCCOc1cc(C)c(C)c(N)n1. The summed E-state index contributed by atoms with van der Waals surface area (Å²) in [6.07, 6.45) is 2.18. The van der Waals surface area contributed by atoms with Crippen molar-refractivity contribution in [2.45, 2.75) is 33.6 Å².